The molecule has 2 aromatic heterocycles. The molecule has 7 heteroatoms. The van der Waals surface area contributed by atoms with E-state index < -0.39 is 0 Å². The number of hydrogen-bond acceptors (Lipinski definition) is 7. The van der Waals surface area contributed by atoms with E-state index in [4.69, 9.17) is 15.2 Å². The Labute approximate surface area is 109 Å². The molecule has 0 aliphatic heterocycles. The average molecular weight is 266 g/mol. The first-order valence-electron chi connectivity index (χ1n) is 5.26. The molecule has 0 radical (unpaired) electrons. The number of rotatable bonds is 5. The molecule has 0 amide bonds. The fourth-order valence-corrected chi connectivity index (χ4v) is 2.10. The lowest BCUT2D eigenvalue weighted by Gasteiger charge is -2.06. The monoisotopic (exact) mass is 266 g/mol. The van der Waals surface area contributed by atoms with Gasteiger partial charge in [0.05, 0.1) is 14.2 Å². The normalized spacial score (nSPS) is 10.1. The molecular weight excluding hydrogens is 252 g/mol. The van der Waals surface area contributed by atoms with Gasteiger partial charge in [-0.05, 0) is 17.1 Å². The molecule has 96 valence electrons. The van der Waals surface area contributed by atoms with Gasteiger partial charge in [0.2, 0.25) is 5.88 Å². The van der Waals surface area contributed by atoms with Gasteiger partial charge in [-0.25, -0.2) is 4.98 Å². The van der Waals surface area contributed by atoms with Crippen molar-refractivity contribution < 1.29 is 9.47 Å². The van der Waals surface area contributed by atoms with Crippen LogP contribution >= 0.6 is 11.5 Å². The molecule has 0 saturated carbocycles. The van der Waals surface area contributed by atoms with Crippen LogP contribution in [-0.2, 0) is 6.54 Å². The fraction of sp³-hybridized carbons (Fsp3) is 0.273. The van der Waals surface area contributed by atoms with Gasteiger partial charge in [0.15, 0.2) is 16.6 Å². The Kier molecular flexibility index (Phi) is 3.83. The number of ether oxygens (including phenoxy) is 2. The Morgan fingerprint density at radius 3 is 2.78 bits per heavy atom. The van der Waals surface area contributed by atoms with E-state index in [1.807, 2.05) is 12.1 Å². The molecule has 0 spiro atoms. The third-order valence-corrected chi connectivity index (χ3v) is 3.14. The van der Waals surface area contributed by atoms with Crippen LogP contribution in [0.5, 0.6) is 11.6 Å². The van der Waals surface area contributed by atoms with Crippen LogP contribution in [-0.4, -0.2) is 23.6 Å². The van der Waals surface area contributed by atoms with Crippen LogP contribution in [0.15, 0.2) is 18.3 Å². The van der Waals surface area contributed by atoms with Crippen LogP contribution < -0.4 is 20.5 Å². The van der Waals surface area contributed by atoms with Gasteiger partial charge < -0.3 is 20.5 Å². The maximum atomic E-state index is 5.66. The van der Waals surface area contributed by atoms with E-state index >= 15 is 0 Å². The molecule has 18 heavy (non-hydrogen) atoms. The second-order valence-corrected chi connectivity index (χ2v) is 4.27. The molecule has 2 aromatic rings. The van der Waals surface area contributed by atoms with Gasteiger partial charge in [-0.15, -0.1) is 0 Å². The van der Waals surface area contributed by atoms with Gasteiger partial charge in [0.25, 0.3) is 0 Å². The average Bonchev–Trinajstić information content (AvgIpc) is 2.77. The lowest BCUT2D eigenvalue weighted by atomic mass is 10.3. The number of hydrogen-bond donors (Lipinski definition) is 2. The number of methoxy groups -OCH3 is 2. The second-order valence-electron chi connectivity index (χ2n) is 3.49. The highest BCUT2D eigenvalue weighted by Crippen LogP contribution is 2.34. The van der Waals surface area contributed by atoms with E-state index in [9.17, 15) is 0 Å². The van der Waals surface area contributed by atoms with Gasteiger partial charge in [-0.2, -0.15) is 4.37 Å². The Hall–Kier alpha value is -2.02. The highest BCUT2D eigenvalue weighted by atomic mass is 32.1. The molecule has 0 aromatic carbocycles. The lowest BCUT2D eigenvalue weighted by Crippen LogP contribution is -2.00. The van der Waals surface area contributed by atoms with Crippen molar-refractivity contribution in [1.82, 2.24) is 9.36 Å². The van der Waals surface area contributed by atoms with Crippen molar-refractivity contribution in [2.45, 2.75) is 6.54 Å². The number of nitrogen functional groups attached to an aromatic ring is 1. The summed E-state index contributed by atoms with van der Waals surface area (Å²) >= 11 is 1.27. The molecule has 2 heterocycles. The van der Waals surface area contributed by atoms with Crippen LogP contribution in [0, 0.1) is 0 Å². The smallest absolute Gasteiger partial charge is 0.212 e. The Morgan fingerprint density at radius 2 is 2.17 bits per heavy atom. The second kappa shape index (κ2) is 5.54. The fourth-order valence-electron chi connectivity index (χ4n) is 1.42. The van der Waals surface area contributed by atoms with Crippen molar-refractivity contribution in [1.29, 1.82) is 0 Å². The summed E-state index contributed by atoms with van der Waals surface area (Å²) in [4.78, 5) is 4.13. The Balaban J connectivity index is 2.02. The van der Waals surface area contributed by atoms with E-state index in [-0.39, 0.29) is 0 Å². The molecule has 0 fully saturated rings. The minimum Gasteiger partial charge on any atom is -0.490 e. The third-order valence-electron chi connectivity index (χ3n) is 2.34. The van der Waals surface area contributed by atoms with Crippen molar-refractivity contribution in [3.63, 3.8) is 0 Å². The van der Waals surface area contributed by atoms with Gasteiger partial charge >= 0.3 is 0 Å². The molecular formula is C11H14N4O2S. The predicted octanol–water partition coefficient (Wildman–Crippen LogP) is 1.75. The van der Waals surface area contributed by atoms with Crippen LogP contribution in [0.2, 0.25) is 0 Å². The van der Waals surface area contributed by atoms with Gasteiger partial charge in [-0.3, -0.25) is 0 Å². The summed E-state index contributed by atoms with van der Waals surface area (Å²) in [6.07, 6.45) is 1.75. The van der Waals surface area contributed by atoms with E-state index in [2.05, 4.69) is 14.7 Å². The van der Waals surface area contributed by atoms with Gasteiger partial charge in [0.1, 0.15) is 0 Å². The minimum atomic E-state index is 0.401. The Morgan fingerprint density at radius 1 is 1.33 bits per heavy atom. The number of nitrogens with one attached hydrogen (secondary N) is 1. The summed E-state index contributed by atoms with van der Waals surface area (Å²) in [7, 11) is 3.16. The zero-order valence-corrected chi connectivity index (χ0v) is 11.0. The number of nitrogens with zero attached hydrogens (tertiary/aromatic N) is 2. The van der Waals surface area contributed by atoms with Crippen LogP contribution in [0.25, 0.3) is 0 Å². The topological polar surface area (TPSA) is 82.3 Å². The number of aromatic nitrogens is 2. The van der Waals surface area contributed by atoms with Crippen molar-refractivity contribution in [3.8, 4) is 11.6 Å². The van der Waals surface area contributed by atoms with E-state index in [1.54, 1.807) is 20.4 Å². The quantitative estimate of drug-likeness (QED) is 0.858. The summed E-state index contributed by atoms with van der Waals surface area (Å²) in [5, 5.41) is 4.02. The molecule has 0 unspecified atom stereocenters. The number of nitrogens with two attached hydrogens (primary N) is 1. The highest BCUT2D eigenvalue weighted by molar-refractivity contribution is 7.11. The molecule has 0 aliphatic rings. The zero-order chi connectivity index (χ0) is 13.0. The largest absolute Gasteiger partial charge is 0.490 e. The standard InChI is InChI=1S/C11H14N4O2S/c1-16-8-4-3-7(5-13-8)6-14-11-9(17-2)10(12)15-18-11/h3-5,14H,6H2,1-2H3,(H2,12,15). The molecule has 0 bridgehead atoms. The van der Waals surface area contributed by atoms with Crippen LogP contribution in [0.3, 0.4) is 0 Å². The first-order valence-corrected chi connectivity index (χ1v) is 6.04. The van der Waals surface area contributed by atoms with Crippen molar-refractivity contribution >= 4 is 22.4 Å². The summed E-state index contributed by atoms with van der Waals surface area (Å²) in [5.41, 5.74) is 6.70. The maximum absolute atomic E-state index is 5.66. The Bertz CT molecular complexity index is 512. The van der Waals surface area contributed by atoms with E-state index in [0.717, 1.165) is 10.6 Å². The number of pyridine rings is 1. The maximum Gasteiger partial charge on any atom is 0.212 e. The molecule has 6 nitrogen and oxygen atoms in total. The van der Waals surface area contributed by atoms with E-state index in [1.165, 1.54) is 11.5 Å². The van der Waals surface area contributed by atoms with E-state index in [0.29, 0.717) is 24.0 Å². The minimum absolute atomic E-state index is 0.401. The van der Waals surface area contributed by atoms with Crippen LogP contribution in [0.1, 0.15) is 5.56 Å². The van der Waals surface area contributed by atoms with Crippen LogP contribution in [0.4, 0.5) is 10.8 Å². The lowest BCUT2D eigenvalue weighted by molar-refractivity contribution is 0.397. The summed E-state index contributed by atoms with van der Waals surface area (Å²) < 4.78 is 14.2. The summed E-state index contributed by atoms with van der Waals surface area (Å²) in [5.74, 6) is 1.58. The molecule has 2 rings (SSSR count). The third kappa shape index (κ3) is 2.62. The SMILES string of the molecule is COc1ccc(CNc2snc(N)c2OC)cn1. The summed E-state index contributed by atoms with van der Waals surface area (Å²) in [6, 6.07) is 3.75. The van der Waals surface area contributed by atoms with Crippen molar-refractivity contribution in [3.05, 3.63) is 23.9 Å². The zero-order valence-electron chi connectivity index (χ0n) is 10.1. The van der Waals surface area contributed by atoms with Gasteiger partial charge in [0, 0.05) is 18.8 Å². The number of anilines is 2. The molecule has 0 aliphatic carbocycles. The predicted molar refractivity (Wildman–Crippen MR) is 71.2 cm³/mol. The molecule has 0 atom stereocenters. The first-order chi connectivity index (χ1) is 8.74. The highest BCUT2D eigenvalue weighted by Gasteiger charge is 2.11. The first kappa shape index (κ1) is 12.4. The van der Waals surface area contributed by atoms with Crippen molar-refractivity contribution in [2.75, 3.05) is 25.3 Å². The summed E-state index contributed by atoms with van der Waals surface area (Å²) in [6.45, 7) is 0.620. The molecule has 3 N–H and O–H groups in total. The van der Waals surface area contributed by atoms with Gasteiger partial charge in [-0.1, -0.05) is 6.07 Å². The molecule has 0 saturated heterocycles. The van der Waals surface area contributed by atoms with Crippen molar-refractivity contribution in [2.24, 2.45) is 0 Å².